The van der Waals surface area contributed by atoms with E-state index in [9.17, 15) is 4.79 Å². The first kappa shape index (κ1) is 13.0. The molecule has 1 fully saturated rings. The van der Waals surface area contributed by atoms with Crippen LogP contribution < -0.4 is 5.32 Å². The second-order valence-electron chi connectivity index (χ2n) is 4.42. The van der Waals surface area contributed by atoms with E-state index in [4.69, 9.17) is 9.47 Å². The monoisotopic (exact) mass is 253 g/mol. The van der Waals surface area contributed by atoms with E-state index in [0.717, 1.165) is 12.0 Å². The van der Waals surface area contributed by atoms with Crippen molar-refractivity contribution in [2.45, 2.75) is 31.4 Å². The third-order valence-electron chi connectivity index (χ3n) is 3.15. The van der Waals surface area contributed by atoms with E-state index in [1.54, 1.807) is 19.5 Å². The van der Waals surface area contributed by atoms with E-state index in [1.165, 1.54) is 0 Å². The van der Waals surface area contributed by atoms with Gasteiger partial charge in [0, 0.05) is 26.3 Å². The Bertz CT molecular complexity index is 367. The van der Waals surface area contributed by atoms with Crippen LogP contribution in [0.4, 0.5) is 0 Å². The number of carbonyl (C=O) groups excluding carboxylic acids is 1. The molecule has 0 radical (unpaired) electrons. The first-order chi connectivity index (χ1) is 8.79. The van der Waals surface area contributed by atoms with Gasteiger partial charge in [0.1, 0.15) is 6.10 Å². The van der Waals surface area contributed by atoms with Gasteiger partial charge in [-0.3, -0.25) is 9.89 Å². The summed E-state index contributed by atoms with van der Waals surface area (Å²) in [4.78, 5) is 11.8. The lowest BCUT2D eigenvalue weighted by molar-refractivity contribution is -0.125. The smallest absolute Gasteiger partial charge is 0.220 e. The average Bonchev–Trinajstić information content (AvgIpc) is 2.90. The number of aromatic nitrogens is 2. The third kappa shape index (κ3) is 3.54. The highest BCUT2D eigenvalue weighted by atomic mass is 16.5. The molecule has 0 bridgehead atoms. The molecule has 2 rings (SSSR count). The molecule has 6 heteroatoms. The molecule has 2 atom stereocenters. The van der Waals surface area contributed by atoms with Crippen LogP contribution in [0.25, 0.3) is 0 Å². The summed E-state index contributed by atoms with van der Waals surface area (Å²) in [6.07, 6.45) is 5.46. The number of ether oxygens (including phenoxy) is 2. The third-order valence-corrected chi connectivity index (χ3v) is 3.15. The minimum absolute atomic E-state index is 0.0448. The Labute approximate surface area is 106 Å². The van der Waals surface area contributed by atoms with Crippen LogP contribution in [0.2, 0.25) is 0 Å². The molecule has 2 N–H and O–H groups in total. The van der Waals surface area contributed by atoms with Crippen molar-refractivity contribution in [1.82, 2.24) is 15.5 Å². The summed E-state index contributed by atoms with van der Waals surface area (Å²) < 4.78 is 10.6. The van der Waals surface area contributed by atoms with Gasteiger partial charge in [-0.25, -0.2) is 0 Å². The van der Waals surface area contributed by atoms with Crippen molar-refractivity contribution in [1.29, 1.82) is 0 Å². The first-order valence-corrected chi connectivity index (χ1v) is 6.17. The zero-order valence-electron chi connectivity index (χ0n) is 10.5. The van der Waals surface area contributed by atoms with Crippen LogP contribution in [0.5, 0.6) is 0 Å². The number of H-pyrrole nitrogens is 1. The molecule has 0 saturated carbocycles. The molecule has 0 aromatic carbocycles. The van der Waals surface area contributed by atoms with Gasteiger partial charge >= 0.3 is 0 Å². The Kier molecular flexibility index (Phi) is 4.72. The highest BCUT2D eigenvalue weighted by Gasteiger charge is 2.26. The van der Waals surface area contributed by atoms with Crippen LogP contribution in [0.15, 0.2) is 12.4 Å². The minimum Gasteiger partial charge on any atom is -0.379 e. The number of hydrogen-bond donors (Lipinski definition) is 2. The fraction of sp³-hybridized carbons (Fsp3) is 0.667. The fourth-order valence-electron chi connectivity index (χ4n) is 2.06. The standard InChI is InChI=1S/C12H19N3O3/c1-17-11-8-18-5-4-10(11)15-12(16)3-2-9-6-13-14-7-9/h6-7,10-11H,2-5,8H2,1H3,(H,13,14)(H,15,16)/t10-,11-/m0/s1. The lowest BCUT2D eigenvalue weighted by Gasteiger charge is -2.31. The van der Waals surface area contributed by atoms with E-state index < -0.39 is 0 Å². The summed E-state index contributed by atoms with van der Waals surface area (Å²) in [7, 11) is 1.64. The Morgan fingerprint density at radius 3 is 3.33 bits per heavy atom. The lowest BCUT2D eigenvalue weighted by atomic mass is 10.1. The molecule has 1 aromatic rings. The van der Waals surface area contributed by atoms with Crippen molar-refractivity contribution >= 4 is 5.91 Å². The number of aryl methyl sites for hydroxylation is 1. The molecule has 1 aliphatic heterocycles. The zero-order valence-corrected chi connectivity index (χ0v) is 10.5. The summed E-state index contributed by atoms with van der Waals surface area (Å²) in [5.41, 5.74) is 1.04. The predicted molar refractivity (Wildman–Crippen MR) is 65.1 cm³/mol. The van der Waals surface area contributed by atoms with Gasteiger partial charge in [0.2, 0.25) is 5.91 Å². The molecule has 1 saturated heterocycles. The second kappa shape index (κ2) is 6.51. The topological polar surface area (TPSA) is 76.2 Å². The van der Waals surface area contributed by atoms with Gasteiger partial charge in [0.05, 0.1) is 18.8 Å². The largest absolute Gasteiger partial charge is 0.379 e. The maximum Gasteiger partial charge on any atom is 0.220 e. The van der Waals surface area contributed by atoms with Crippen LogP contribution in [0, 0.1) is 0 Å². The van der Waals surface area contributed by atoms with E-state index in [0.29, 0.717) is 26.1 Å². The van der Waals surface area contributed by atoms with Crippen molar-refractivity contribution in [2.75, 3.05) is 20.3 Å². The van der Waals surface area contributed by atoms with Gasteiger partial charge in [0.15, 0.2) is 0 Å². The summed E-state index contributed by atoms with van der Waals surface area (Å²) in [6.45, 7) is 1.22. The van der Waals surface area contributed by atoms with Crippen molar-refractivity contribution in [3.05, 3.63) is 18.0 Å². The molecule has 18 heavy (non-hydrogen) atoms. The number of carbonyl (C=O) groups is 1. The van der Waals surface area contributed by atoms with Crippen LogP contribution in [-0.4, -0.2) is 48.6 Å². The lowest BCUT2D eigenvalue weighted by Crippen LogP contribution is -2.49. The maximum atomic E-state index is 11.8. The zero-order chi connectivity index (χ0) is 12.8. The van der Waals surface area contributed by atoms with Gasteiger partial charge in [-0.15, -0.1) is 0 Å². The molecular formula is C12H19N3O3. The minimum atomic E-state index is -0.0448. The molecule has 2 heterocycles. The number of methoxy groups -OCH3 is 1. The quantitative estimate of drug-likeness (QED) is 0.789. The Balaban J connectivity index is 1.75. The Hall–Kier alpha value is -1.40. The number of aromatic amines is 1. The predicted octanol–water partition coefficient (Wildman–Crippen LogP) is 0.262. The van der Waals surface area contributed by atoms with Gasteiger partial charge in [-0.1, -0.05) is 0 Å². The molecule has 100 valence electrons. The molecular weight excluding hydrogens is 234 g/mol. The van der Waals surface area contributed by atoms with Crippen LogP contribution >= 0.6 is 0 Å². The van der Waals surface area contributed by atoms with E-state index in [2.05, 4.69) is 15.5 Å². The summed E-state index contributed by atoms with van der Waals surface area (Å²) in [6, 6.07) is 0.0561. The van der Waals surface area contributed by atoms with Crippen molar-refractivity contribution in [3.8, 4) is 0 Å². The second-order valence-corrected chi connectivity index (χ2v) is 4.42. The molecule has 0 aliphatic carbocycles. The summed E-state index contributed by atoms with van der Waals surface area (Å²) >= 11 is 0. The fourth-order valence-corrected chi connectivity index (χ4v) is 2.06. The SMILES string of the molecule is CO[C@H]1COCC[C@@H]1NC(=O)CCc1cn[nH]c1. The van der Waals surface area contributed by atoms with E-state index >= 15 is 0 Å². The molecule has 6 nitrogen and oxygen atoms in total. The van der Waals surface area contributed by atoms with Gasteiger partial charge in [-0.05, 0) is 18.4 Å². The van der Waals surface area contributed by atoms with Crippen molar-refractivity contribution in [3.63, 3.8) is 0 Å². The summed E-state index contributed by atoms with van der Waals surface area (Å²) in [5.74, 6) is 0.0464. The number of nitrogens with zero attached hydrogens (tertiary/aromatic N) is 1. The molecule has 0 spiro atoms. The van der Waals surface area contributed by atoms with Crippen LogP contribution in [0.1, 0.15) is 18.4 Å². The highest BCUT2D eigenvalue weighted by molar-refractivity contribution is 5.76. The maximum absolute atomic E-state index is 11.8. The van der Waals surface area contributed by atoms with E-state index in [1.807, 2.05) is 0 Å². The number of nitrogens with one attached hydrogen (secondary N) is 2. The molecule has 1 aliphatic rings. The van der Waals surface area contributed by atoms with Crippen molar-refractivity contribution < 1.29 is 14.3 Å². The van der Waals surface area contributed by atoms with Crippen molar-refractivity contribution in [2.24, 2.45) is 0 Å². The van der Waals surface area contributed by atoms with Gasteiger partial charge in [-0.2, -0.15) is 5.10 Å². The number of amides is 1. The Morgan fingerprint density at radius 2 is 2.61 bits per heavy atom. The van der Waals surface area contributed by atoms with Crippen LogP contribution in [0.3, 0.4) is 0 Å². The van der Waals surface area contributed by atoms with Gasteiger partial charge < -0.3 is 14.8 Å². The molecule has 1 aromatic heterocycles. The summed E-state index contributed by atoms with van der Waals surface area (Å²) in [5, 5.41) is 9.59. The highest BCUT2D eigenvalue weighted by Crippen LogP contribution is 2.11. The molecule has 0 unspecified atom stereocenters. The number of rotatable bonds is 5. The van der Waals surface area contributed by atoms with Gasteiger partial charge in [0.25, 0.3) is 0 Å². The number of hydrogen-bond acceptors (Lipinski definition) is 4. The average molecular weight is 253 g/mol. The first-order valence-electron chi connectivity index (χ1n) is 6.17. The normalized spacial score (nSPS) is 23.8. The molecule has 1 amide bonds. The van der Waals surface area contributed by atoms with Crippen LogP contribution in [-0.2, 0) is 20.7 Å². The Morgan fingerprint density at radius 1 is 1.72 bits per heavy atom. The van der Waals surface area contributed by atoms with E-state index in [-0.39, 0.29) is 18.1 Å².